The van der Waals surface area contributed by atoms with Crippen molar-refractivity contribution in [1.29, 1.82) is 0 Å². The Morgan fingerprint density at radius 2 is 2.00 bits per heavy atom. The van der Waals surface area contributed by atoms with Crippen molar-refractivity contribution >= 4 is 0 Å². The van der Waals surface area contributed by atoms with Gasteiger partial charge in [-0.2, -0.15) is 0 Å². The van der Waals surface area contributed by atoms with E-state index in [2.05, 4.69) is 39.0 Å². The van der Waals surface area contributed by atoms with E-state index >= 15 is 0 Å². The van der Waals surface area contributed by atoms with Gasteiger partial charge in [0, 0.05) is 0 Å². The lowest BCUT2D eigenvalue weighted by atomic mass is 9.97. The summed E-state index contributed by atoms with van der Waals surface area (Å²) in [6.07, 6.45) is 2.83. The summed E-state index contributed by atoms with van der Waals surface area (Å²) in [6.45, 7) is 6.27. The SMILES string of the molecule is CCCCC(O)c1cc(C)ccc1C. The highest BCUT2D eigenvalue weighted by atomic mass is 16.3. The van der Waals surface area contributed by atoms with Gasteiger partial charge in [-0.25, -0.2) is 0 Å². The molecule has 0 saturated heterocycles. The van der Waals surface area contributed by atoms with E-state index in [9.17, 15) is 5.11 Å². The van der Waals surface area contributed by atoms with E-state index in [1.807, 2.05) is 0 Å². The Kier molecular flexibility index (Phi) is 4.15. The average Bonchev–Trinajstić information content (AvgIpc) is 2.18. The summed E-state index contributed by atoms with van der Waals surface area (Å²) in [5.74, 6) is 0. The van der Waals surface area contributed by atoms with Crippen LogP contribution in [0.15, 0.2) is 18.2 Å². The number of rotatable bonds is 4. The average molecular weight is 192 g/mol. The van der Waals surface area contributed by atoms with Crippen LogP contribution in [-0.4, -0.2) is 5.11 Å². The van der Waals surface area contributed by atoms with Crippen LogP contribution < -0.4 is 0 Å². The maximum atomic E-state index is 9.96. The van der Waals surface area contributed by atoms with Crippen LogP contribution >= 0.6 is 0 Å². The van der Waals surface area contributed by atoms with Gasteiger partial charge in [0.1, 0.15) is 0 Å². The number of benzene rings is 1. The quantitative estimate of drug-likeness (QED) is 0.773. The molecule has 78 valence electrons. The molecule has 1 aromatic rings. The molecule has 0 aliphatic carbocycles. The van der Waals surface area contributed by atoms with Crippen LogP contribution in [0.25, 0.3) is 0 Å². The van der Waals surface area contributed by atoms with Crippen molar-refractivity contribution in [2.45, 2.75) is 46.1 Å². The number of unbranched alkanes of at least 4 members (excludes halogenated alkanes) is 1. The molecule has 0 fully saturated rings. The van der Waals surface area contributed by atoms with Gasteiger partial charge < -0.3 is 5.11 Å². The predicted octanol–water partition coefficient (Wildman–Crippen LogP) is 3.53. The van der Waals surface area contributed by atoms with Gasteiger partial charge in [-0.3, -0.25) is 0 Å². The smallest absolute Gasteiger partial charge is 0.0792 e. The maximum Gasteiger partial charge on any atom is 0.0792 e. The largest absolute Gasteiger partial charge is 0.388 e. The van der Waals surface area contributed by atoms with Crippen molar-refractivity contribution in [3.8, 4) is 0 Å². The second-order valence-electron chi connectivity index (χ2n) is 4.02. The molecule has 14 heavy (non-hydrogen) atoms. The zero-order valence-electron chi connectivity index (χ0n) is 9.38. The van der Waals surface area contributed by atoms with E-state index in [0.717, 1.165) is 24.8 Å². The molecule has 0 saturated carbocycles. The van der Waals surface area contributed by atoms with Crippen LogP contribution in [0, 0.1) is 13.8 Å². The summed E-state index contributed by atoms with van der Waals surface area (Å²) < 4.78 is 0. The van der Waals surface area contributed by atoms with Crippen LogP contribution in [0.3, 0.4) is 0 Å². The number of hydrogen-bond acceptors (Lipinski definition) is 1. The highest BCUT2D eigenvalue weighted by Gasteiger charge is 2.09. The minimum absolute atomic E-state index is 0.283. The zero-order chi connectivity index (χ0) is 10.6. The van der Waals surface area contributed by atoms with Crippen molar-refractivity contribution in [1.82, 2.24) is 0 Å². The highest BCUT2D eigenvalue weighted by Crippen LogP contribution is 2.23. The predicted molar refractivity (Wildman–Crippen MR) is 60.4 cm³/mol. The van der Waals surface area contributed by atoms with Crippen molar-refractivity contribution in [2.24, 2.45) is 0 Å². The van der Waals surface area contributed by atoms with Crippen molar-refractivity contribution in [3.63, 3.8) is 0 Å². The lowest BCUT2D eigenvalue weighted by molar-refractivity contribution is 0.163. The second kappa shape index (κ2) is 5.16. The number of aliphatic hydroxyl groups is 1. The third-order valence-corrected chi connectivity index (χ3v) is 2.62. The van der Waals surface area contributed by atoms with E-state index in [4.69, 9.17) is 0 Å². The first-order valence-corrected chi connectivity index (χ1v) is 5.40. The van der Waals surface area contributed by atoms with Crippen LogP contribution in [0.4, 0.5) is 0 Å². The minimum atomic E-state index is -0.283. The number of aryl methyl sites for hydroxylation is 2. The number of aliphatic hydroxyl groups excluding tert-OH is 1. The summed E-state index contributed by atoms with van der Waals surface area (Å²) in [5, 5.41) is 9.96. The molecule has 1 aromatic carbocycles. The maximum absolute atomic E-state index is 9.96. The van der Waals surface area contributed by atoms with E-state index in [-0.39, 0.29) is 6.10 Å². The molecule has 0 radical (unpaired) electrons. The van der Waals surface area contributed by atoms with Gasteiger partial charge in [0.15, 0.2) is 0 Å². The molecule has 1 atom stereocenters. The highest BCUT2D eigenvalue weighted by molar-refractivity contribution is 5.32. The molecule has 1 nitrogen and oxygen atoms in total. The molecule has 0 spiro atoms. The topological polar surface area (TPSA) is 20.2 Å². The van der Waals surface area contributed by atoms with E-state index in [1.54, 1.807) is 0 Å². The molecular formula is C13H20O. The van der Waals surface area contributed by atoms with Crippen LogP contribution in [-0.2, 0) is 0 Å². The Labute approximate surface area is 86.8 Å². The van der Waals surface area contributed by atoms with Crippen LogP contribution in [0.2, 0.25) is 0 Å². The van der Waals surface area contributed by atoms with Gasteiger partial charge in [-0.15, -0.1) is 0 Å². The van der Waals surface area contributed by atoms with E-state index in [0.29, 0.717) is 0 Å². The summed E-state index contributed by atoms with van der Waals surface area (Å²) in [7, 11) is 0. The molecule has 0 aliphatic heterocycles. The molecular weight excluding hydrogens is 172 g/mol. The molecule has 0 aliphatic rings. The molecule has 0 aromatic heterocycles. The molecule has 0 bridgehead atoms. The van der Waals surface area contributed by atoms with Crippen molar-refractivity contribution in [2.75, 3.05) is 0 Å². The van der Waals surface area contributed by atoms with Gasteiger partial charge in [0.05, 0.1) is 6.10 Å². The van der Waals surface area contributed by atoms with Crippen LogP contribution in [0.1, 0.15) is 49.0 Å². The van der Waals surface area contributed by atoms with Crippen molar-refractivity contribution < 1.29 is 5.11 Å². The molecule has 1 rings (SSSR count). The van der Waals surface area contributed by atoms with E-state index < -0.39 is 0 Å². The third kappa shape index (κ3) is 2.85. The second-order valence-corrected chi connectivity index (χ2v) is 4.02. The molecule has 1 heteroatoms. The molecule has 0 amide bonds. The fourth-order valence-corrected chi connectivity index (χ4v) is 1.67. The Morgan fingerprint density at radius 1 is 1.29 bits per heavy atom. The van der Waals surface area contributed by atoms with Gasteiger partial charge >= 0.3 is 0 Å². The van der Waals surface area contributed by atoms with Gasteiger partial charge in [0.25, 0.3) is 0 Å². The lowest BCUT2D eigenvalue weighted by Crippen LogP contribution is -2.00. The minimum Gasteiger partial charge on any atom is -0.388 e. The Morgan fingerprint density at radius 3 is 2.64 bits per heavy atom. The zero-order valence-corrected chi connectivity index (χ0v) is 9.38. The Bertz CT molecular complexity index is 291. The first kappa shape index (κ1) is 11.3. The standard InChI is InChI=1S/C13H20O/c1-4-5-6-13(14)12-9-10(2)7-8-11(12)3/h7-9,13-14H,4-6H2,1-3H3. The first-order valence-electron chi connectivity index (χ1n) is 5.40. The Balaban J connectivity index is 2.77. The summed E-state index contributed by atoms with van der Waals surface area (Å²) >= 11 is 0. The van der Waals surface area contributed by atoms with Crippen molar-refractivity contribution in [3.05, 3.63) is 34.9 Å². The third-order valence-electron chi connectivity index (χ3n) is 2.62. The van der Waals surface area contributed by atoms with Gasteiger partial charge in [0.2, 0.25) is 0 Å². The fourth-order valence-electron chi connectivity index (χ4n) is 1.67. The summed E-state index contributed by atoms with van der Waals surface area (Å²) in [6, 6.07) is 6.26. The van der Waals surface area contributed by atoms with Gasteiger partial charge in [-0.1, -0.05) is 43.5 Å². The molecule has 1 unspecified atom stereocenters. The first-order chi connectivity index (χ1) is 6.65. The summed E-state index contributed by atoms with van der Waals surface area (Å²) in [5.41, 5.74) is 3.51. The normalized spacial score (nSPS) is 12.9. The summed E-state index contributed by atoms with van der Waals surface area (Å²) in [4.78, 5) is 0. The molecule has 0 heterocycles. The Hall–Kier alpha value is -0.820. The monoisotopic (exact) mass is 192 g/mol. The molecule has 1 N–H and O–H groups in total. The lowest BCUT2D eigenvalue weighted by Gasteiger charge is -2.13. The number of hydrogen-bond donors (Lipinski definition) is 1. The fraction of sp³-hybridized carbons (Fsp3) is 0.538. The van der Waals surface area contributed by atoms with Crippen LogP contribution in [0.5, 0.6) is 0 Å². The van der Waals surface area contributed by atoms with E-state index in [1.165, 1.54) is 11.1 Å². The van der Waals surface area contributed by atoms with Gasteiger partial charge in [-0.05, 0) is 31.4 Å².